The first-order chi connectivity index (χ1) is 5.97. The number of aliphatic imine (C=N–C) groups is 4. The molecule has 0 saturated heterocycles. The maximum atomic E-state index is 4.18. The molecule has 2 heterocycles. The standard InChI is InChI=1S/C6H4N4Se2/c1-7-3-11-5(9-1)6-10-2-8-4-12-6/h1-4H. The zero-order chi connectivity index (χ0) is 8.23. The van der Waals surface area contributed by atoms with Gasteiger partial charge in [0.15, 0.2) is 0 Å². The monoisotopic (exact) mass is 292 g/mol. The Morgan fingerprint density at radius 3 is 1.67 bits per heavy atom. The first-order valence-electron chi connectivity index (χ1n) is 3.13. The van der Waals surface area contributed by atoms with Crippen LogP contribution in [0.4, 0.5) is 0 Å². The van der Waals surface area contributed by atoms with Gasteiger partial charge in [0.2, 0.25) is 0 Å². The van der Waals surface area contributed by atoms with E-state index in [1.807, 2.05) is 10.2 Å². The quantitative estimate of drug-likeness (QED) is 0.548. The molecule has 0 aromatic heterocycles. The molecule has 0 unspecified atom stereocenters. The fraction of sp³-hybridized carbons (Fsp3) is 0. The van der Waals surface area contributed by atoms with Crippen LogP contribution in [-0.2, 0) is 0 Å². The molecule has 0 spiro atoms. The summed E-state index contributed by atoms with van der Waals surface area (Å²) in [4.78, 5) is 16.2. The summed E-state index contributed by atoms with van der Waals surface area (Å²) in [5, 5.41) is 3.80. The topological polar surface area (TPSA) is 49.4 Å². The van der Waals surface area contributed by atoms with Gasteiger partial charge in [0.05, 0.1) is 0 Å². The summed E-state index contributed by atoms with van der Waals surface area (Å²) in [6.07, 6.45) is 3.15. The van der Waals surface area contributed by atoms with Crippen molar-refractivity contribution in [1.29, 1.82) is 0 Å². The Kier molecular flexibility index (Phi) is 2.64. The van der Waals surface area contributed by atoms with Gasteiger partial charge in [-0.05, 0) is 0 Å². The van der Waals surface area contributed by atoms with Gasteiger partial charge in [0, 0.05) is 0 Å². The Hall–Kier alpha value is -0.541. The molecule has 2 rings (SSSR count). The van der Waals surface area contributed by atoms with Crippen molar-refractivity contribution >= 4 is 52.8 Å². The third-order valence-electron chi connectivity index (χ3n) is 1.12. The van der Waals surface area contributed by atoms with Crippen molar-refractivity contribution in [2.75, 3.05) is 0 Å². The second-order valence-corrected chi connectivity index (χ2v) is 5.34. The van der Waals surface area contributed by atoms with E-state index < -0.39 is 0 Å². The number of rotatable bonds is 0. The molecule has 0 atom stereocenters. The molecule has 0 N–H and O–H groups in total. The van der Waals surface area contributed by atoms with E-state index in [1.54, 1.807) is 12.7 Å². The van der Waals surface area contributed by atoms with Crippen molar-refractivity contribution in [3.05, 3.63) is 9.19 Å². The van der Waals surface area contributed by atoms with Gasteiger partial charge in [-0.1, -0.05) is 0 Å². The molecule has 0 bridgehead atoms. The summed E-state index contributed by atoms with van der Waals surface area (Å²) in [5.41, 5.74) is 0. The Labute approximate surface area is 82.0 Å². The molecule has 0 fully saturated rings. The number of nitrogens with zero attached hydrogens (tertiary/aromatic N) is 4. The van der Waals surface area contributed by atoms with Gasteiger partial charge in [0.25, 0.3) is 0 Å². The normalized spacial score (nSPS) is 26.7. The van der Waals surface area contributed by atoms with Crippen LogP contribution >= 0.6 is 0 Å². The predicted molar refractivity (Wildman–Crippen MR) is 52.5 cm³/mol. The Bertz CT molecular complexity index is 294. The van der Waals surface area contributed by atoms with E-state index in [2.05, 4.69) is 20.0 Å². The van der Waals surface area contributed by atoms with Gasteiger partial charge in [-0.3, -0.25) is 0 Å². The molecule has 0 radical (unpaired) electrons. The van der Waals surface area contributed by atoms with Gasteiger partial charge >= 0.3 is 82.0 Å². The second kappa shape index (κ2) is 3.92. The van der Waals surface area contributed by atoms with Crippen LogP contribution in [-0.4, -0.2) is 52.8 Å². The Balaban J connectivity index is 2.25. The molecule has 0 saturated carbocycles. The van der Waals surface area contributed by atoms with Crippen LogP contribution in [0.3, 0.4) is 0 Å². The van der Waals surface area contributed by atoms with Crippen LogP contribution in [0.5, 0.6) is 0 Å². The molecular formula is C6H4N4Se2. The zero-order valence-corrected chi connectivity index (χ0v) is 9.34. The summed E-state index contributed by atoms with van der Waals surface area (Å²) >= 11 is 0.517. The van der Waals surface area contributed by atoms with Crippen LogP contribution in [0.2, 0.25) is 0 Å². The molecule has 60 valence electrons. The molecule has 2 aliphatic heterocycles. The van der Waals surface area contributed by atoms with E-state index in [0.29, 0.717) is 0 Å². The summed E-state index contributed by atoms with van der Waals surface area (Å²) in [6, 6.07) is 0. The van der Waals surface area contributed by atoms with E-state index in [0.717, 1.165) is 9.19 Å². The van der Waals surface area contributed by atoms with Gasteiger partial charge < -0.3 is 0 Å². The summed E-state index contributed by atoms with van der Waals surface area (Å²) < 4.78 is 2.17. The summed E-state index contributed by atoms with van der Waals surface area (Å²) in [6.45, 7) is 0. The van der Waals surface area contributed by atoms with Crippen LogP contribution < -0.4 is 0 Å². The molecule has 6 heteroatoms. The van der Waals surface area contributed by atoms with Crippen LogP contribution in [0, 0.1) is 0 Å². The third-order valence-corrected chi connectivity index (χ3v) is 4.92. The first-order valence-corrected chi connectivity index (χ1v) is 6.82. The molecule has 0 aromatic carbocycles. The van der Waals surface area contributed by atoms with E-state index in [9.17, 15) is 0 Å². The second-order valence-electron chi connectivity index (χ2n) is 1.84. The van der Waals surface area contributed by atoms with E-state index in [-0.39, 0.29) is 29.9 Å². The number of hydrogen-bond acceptors (Lipinski definition) is 4. The minimum absolute atomic E-state index is 0.258. The molecule has 2 aliphatic rings. The molecule has 12 heavy (non-hydrogen) atoms. The number of hydrogen-bond donors (Lipinski definition) is 0. The molecule has 0 aromatic rings. The fourth-order valence-electron chi connectivity index (χ4n) is 0.659. The van der Waals surface area contributed by atoms with E-state index in [4.69, 9.17) is 0 Å². The molecule has 4 nitrogen and oxygen atoms in total. The maximum absolute atomic E-state index is 4.18. The van der Waals surface area contributed by atoms with Crippen LogP contribution in [0.15, 0.2) is 29.2 Å². The molecular weight excluding hydrogens is 286 g/mol. The first kappa shape index (κ1) is 8.08. The van der Waals surface area contributed by atoms with Gasteiger partial charge in [0.1, 0.15) is 0 Å². The van der Waals surface area contributed by atoms with Crippen molar-refractivity contribution in [2.24, 2.45) is 20.0 Å². The molecule has 0 amide bonds. The average Bonchev–Trinajstić information content (AvgIpc) is 2.21. The SMILES string of the molecule is C1=NC=NC(=C2N=CN=C[Se]2)[Se]1. The predicted octanol–water partition coefficient (Wildman–Crippen LogP) is -0.338. The van der Waals surface area contributed by atoms with E-state index >= 15 is 0 Å². The van der Waals surface area contributed by atoms with Crippen molar-refractivity contribution in [2.45, 2.75) is 0 Å². The summed E-state index contributed by atoms with van der Waals surface area (Å²) in [7, 11) is 0. The Morgan fingerprint density at radius 2 is 1.33 bits per heavy atom. The average molecular weight is 290 g/mol. The fourth-order valence-corrected chi connectivity index (χ4v) is 3.71. The van der Waals surface area contributed by atoms with Crippen molar-refractivity contribution in [3.63, 3.8) is 0 Å². The van der Waals surface area contributed by atoms with Crippen LogP contribution in [0.25, 0.3) is 0 Å². The van der Waals surface area contributed by atoms with Gasteiger partial charge in [-0.2, -0.15) is 0 Å². The minimum atomic E-state index is 0.258. The third kappa shape index (κ3) is 1.79. The van der Waals surface area contributed by atoms with Crippen molar-refractivity contribution < 1.29 is 0 Å². The Morgan fingerprint density at radius 1 is 0.833 bits per heavy atom. The van der Waals surface area contributed by atoms with Crippen molar-refractivity contribution in [1.82, 2.24) is 0 Å². The van der Waals surface area contributed by atoms with E-state index in [1.165, 1.54) is 0 Å². The van der Waals surface area contributed by atoms with Gasteiger partial charge in [-0.25, -0.2) is 0 Å². The molecule has 0 aliphatic carbocycles. The summed E-state index contributed by atoms with van der Waals surface area (Å²) in [5.74, 6) is 0. The van der Waals surface area contributed by atoms with Crippen molar-refractivity contribution in [3.8, 4) is 0 Å². The zero-order valence-electron chi connectivity index (χ0n) is 5.91. The van der Waals surface area contributed by atoms with Gasteiger partial charge in [-0.15, -0.1) is 0 Å². The van der Waals surface area contributed by atoms with Crippen LogP contribution in [0.1, 0.15) is 0 Å².